The van der Waals surface area contributed by atoms with Gasteiger partial charge >= 0.3 is 0 Å². The zero-order valence-corrected chi connectivity index (χ0v) is 39.1. The largest absolute Gasteiger partial charge is 0.342 e. The van der Waals surface area contributed by atoms with Gasteiger partial charge in [0.2, 0.25) is 12.0 Å². The molecule has 9 heteroatoms. The number of aryl methyl sites for hydroxylation is 3. The number of nitriles is 2. The molecule has 0 amide bonds. The molecule has 7 aromatic rings. The van der Waals surface area contributed by atoms with Crippen LogP contribution in [0.2, 0.25) is 0 Å². The normalized spacial score (nSPS) is 13.9. The van der Waals surface area contributed by atoms with Crippen LogP contribution in [0.25, 0.3) is 48.9 Å². The first kappa shape index (κ1) is 46.3. The molecule has 0 bridgehead atoms. The van der Waals surface area contributed by atoms with Crippen LogP contribution in [0.15, 0.2) is 97.1 Å². The maximum atomic E-state index is 9.88. The molecule has 2 aliphatic carbocycles. The molecule has 3 aromatic heterocycles. The summed E-state index contributed by atoms with van der Waals surface area (Å²) in [6.07, 6.45) is 19.0. The number of rotatable bonds is 10. The number of nitrogens with zero attached hydrogens (tertiary/aromatic N) is 8. The first-order valence-electron chi connectivity index (χ1n) is 22.5. The minimum atomic E-state index is 0. The van der Waals surface area contributed by atoms with Gasteiger partial charge in [0, 0.05) is 43.6 Å². The summed E-state index contributed by atoms with van der Waals surface area (Å²) in [5.41, 5.74) is 12.5. The summed E-state index contributed by atoms with van der Waals surface area (Å²) in [6.45, 7) is 15.1. The molecule has 8 nitrogen and oxygen atoms in total. The van der Waals surface area contributed by atoms with Gasteiger partial charge in [-0.25, -0.2) is 15.4 Å². The molecule has 0 N–H and O–H groups in total. The summed E-state index contributed by atoms with van der Waals surface area (Å²) >= 11 is 0. The SMILES string of the molecule is C[n+]1[c-]n(-c2[c-]cccc2)c2ccccc21.[C-]#[N+]c1c[c-]c(-c2cc(C3CCCCC3)cc(CCCCc3cc(C4CCCCC4)cc(-c4[c-]cc(C#N)cc4[N+]#[C-])n3)n2)c(C#N)c1.[Ir]. The Bertz CT molecular complexity index is 2790. The van der Waals surface area contributed by atoms with E-state index in [0.717, 1.165) is 59.7 Å². The number of unbranched alkanes of at least 4 members (excludes halogenated alkanes) is 1. The van der Waals surface area contributed by atoms with E-state index in [1.165, 1.54) is 80.9 Å². The van der Waals surface area contributed by atoms with Gasteiger partial charge < -0.3 is 19.1 Å². The molecule has 2 aliphatic rings. The third kappa shape index (κ3) is 11.1. The van der Waals surface area contributed by atoms with Crippen molar-refractivity contribution in [1.82, 2.24) is 14.5 Å². The fraction of sp³-hybridized carbons (Fsp3) is 0.304. The van der Waals surface area contributed by atoms with Crippen LogP contribution in [-0.4, -0.2) is 14.5 Å². The van der Waals surface area contributed by atoms with E-state index in [2.05, 4.69) is 82.8 Å². The van der Waals surface area contributed by atoms with E-state index in [4.69, 9.17) is 23.1 Å². The van der Waals surface area contributed by atoms with E-state index in [9.17, 15) is 10.5 Å². The molecular formula is C56H49IrN8-3. The Morgan fingerprint density at radius 2 is 1.32 bits per heavy atom. The summed E-state index contributed by atoms with van der Waals surface area (Å²) < 4.78 is 4.02. The number of para-hydroxylation sites is 3. The predicted molar refractivity (Wildman–Crippen MR) is 249 cm³/mol. The molecule has 65 heavy (non-hydrogen) atoms. The number of aromatic nitrogens is 4. The van der Waals surface area contributed by atoms with Crippen molar-refractivity contribution in [2.75, 3.05) is 0 Å². The number of benzene rings is 4. The molecule has 2 fully saturated rings. The molecule has 9 rings (SSSR count). The minimum absolute atomic E-state index is 0. The zero-order valence-electron chi connectivity index (χ0n) is 36.7. The predicted octanol–water partition coefficient (Wildman–Crippen LogP) is 13.0. The van der Waals surface area contributed by atoms with Crippen LogP contribution < -0.4 is 4.57 Å². The maximum absolute atomic E-state index is 9.88. The van der Waals surface area contributed by atoms with Gasteiger partial charge in [0.25, 0.3) is 0 Å². The molecule has 0 unspecified atom stereocenters. The van der Waals surface area contributed by atoms with Crippen LogP contribution in [-0.2, 0) is 40.0 Å². The molecular weight excluding hydrogens is 977 g/mol. The van der Waals surface area contributed by atoms with Crippen molar-refractivity contribution in [2.24, 2.45) is 7.05 Å². The van der Waals surface area contributed by atoms with Gasteiger partial charge in [-0.1, -0.05) is 109 Å². The summed E-state index contributed by atoms with van der Waals surface area (Å²) in [6, 6.07) is 45.5. The van der Waals surface area contributed by atoms with Crippen LogP contribution in [0.3, 0.4) is 0 Å². The number of pyridine rings is 2. The van der Waals surface area contributed by atoms with Crippen molar-refractivity contribution in [3.05, 3.63) is 178 Å². The number of hydrogen-bond acceptors (Lipinski definition) is 4. The summed E-state index contributed by atoms with van der Waals surface area (Å²) in [4.78, 5) is 17.3. The van der Waals surface area contributed by atoms with E-state index in [1.807, 2.05) is 52.6 Å². The first-order chi connectivity index (χ1) is 31.4. The Kier molecular flexibility index (Phi) is 15.8. The minimum Gasteiger partial charge on any atom is -0.342 e. The van der Waals surface area contributed by atoms with E-state index in [-0.39, 0.29) is 20.1 Å². The average Bonchev–Trinajstić information content (AvgIpc) is 3.71. The van der Waals surface area contributed by atoms with Crippen LogP contribution in [0.1, 0.15) is 123 Å². The summed E-state index contributed by atoms with van der Waals surface area (Å²) in [5, 5.41) is 19.2. The summed E-state index contributed by atoms with van der Waals surface area (Å²) in [7, 11) is 2.00. The molecule has 2 saturated carbocycles. The topological polar surface area (TPSA) is 90.9 Å². The van der Waals surface area contributed by atoms with Crippen molar-refractivity contribution < 1.29 is 24.7 Å². The third-order valence-corrected chi connectivity index (χ3v) is 12.6. The molecule has 3 heterocycles. The maximum Gasteiger partial charge on any atom is 0.242 e. The van der Waals surface area contributed by atoms with Gasteiger partial charge in [-0.3, -0.25) is 0 Å². The smallest absolute Gasteiger partial charge is 0.242 e. The standard InChI is InChI=1S/C42H38N6.C14H11N2.Ir/c1-45-35-18-20-38(34(24-35)28-44)41-25-32(30-11-5-3-6-12-30)22-36(47-41)15-9-10-16-37-23-33(31-13-7-4-8-14-31)26-42(48-37)39-19-17-29(27-43)21-40(39)46-2;1-15-11-16(12-7-3-2-4-8-12)14-10-6-5-9-13(14)15;/h17-18,21-26,30-31H,3-16H2;2-7,9-10H,1H3;/q-2;-1;. The van der Waals surface area contributed by atoms with Crippen LogP contribution in [0.4, 0.5) is 11.4 Å². The second-order valence-corrected chi connectivity index (χ2v) is 16.9. The third-order valence-electron chi connectivity index (χ3n) is 12.6. The van der Waals surface area contributed by atoms with Crippen LogP contribution in [0, 0.1) is 60.3 Å². The van der Waals surface area contributed by atoms with Gasteiger partial charge in [0.15, 0.2) is 5.69 Å². The molecule has 325 valence electrons. The number of hydrogen-bond donors (Lipinski definition) is 0. The zero-order chi connectivity index (χ0) is 44.3. The van der Waals surface area contributed by atoms with Gasteiger partial charge in [-0.05, 0) is 104 Å². The van der Waals surface area contributed by atoms with E-state index < -0.39 is 0 Å². The molecule has 0 saturated heterocycles. The van der Waals surface area contributed by atoms with Crippen LogP contribution >= 0.6 is 0 Å². The first-order valence-corrected chi connectivity index (χ1v) is 22.5. The van der Waals surface area contributed by atoms with E-state index in [1.54, 1.807) is 24.3 Å². The summed E-state index contributed by atoms with van der Waals surface area (Å²) in [5.74, 6) is 0.995. The Hall–Kier alpha value is -6.74. The van der Waals surface area contributed by atoms with Gasteiger partial charge in [0.05, 0.1) is 24.7 Å². The molecule has 4 aromatic carbocycles. The number of fused-ring (bicyclic) bond motifs is 1. The Balaban J connectivity index is 0.000000309. The van der Waals surface area contributed by atoms with Crippen molar-refractivity contribution in [2.45, 2.75) is 102 Å². The monoisotopic (exact) mass is 1030 g/mol. The van der Waals surface area contributed by atoms with Gasteiger partial charge in [0.1, 0.15) is 6.57 Å². The Morgan fingerprint density at radius 3 is 1.91 bits per heavy atom. The fourth-order valence-electron chi connectivity index (χ4n) is 9.28. The van der Waals surface area contributed by atoms with Crippen LogP contribution in [0.5, 0.6) is 0 Å². The quantitative estimate of drug-likeness (QED) is 0.0775. The van der Waals surface area contributed by atoms with Crippen molar-refractivity contribution in [3.8, 4) is 40.3 Å². The van der Waals surface area contributed by atoms with E-state index in [0.29, 0.717) is 45.5 Å². The second-order valence-electron chi connectivity index (χ2n) is 16.9. The Morgan fingerprint density at radius 1 is 0.708 bits per heavy atom. The molecule has 1 radical (unpaired) electrons. The number of imidazole rings is 1. The van der Waals surface area contributed by atoms with Gasteiger partial charge in [-0.2, -0.15) is 35.2 Å². The van der Waals surface area contributed by atoms with E-state index >= 15 is 0 Å². The van der Waals surface area contributed by atoms with Gasteiger partial charge in [-0.15, -0.1) is 23.8 Å². The molecule has 0 spiro atoms. The average molecular weight is 1030 g/mol. The second kappa shape index (κ2) is 22.2. The molecule has 0 atom stereocenters. The van der Waals surface area contributed by atoms with Crippen molar-refractivity contribution in [3.63, 3.8) is 0 Å². The molecule has 0 aliphatic heterocycles. The van der Waals surface area contributed by atoms with Crippen molar-refractivity contribution >= 4 is 22.4 Å². The Labute approximate surface area is 397 Å². The fourth-order valence-corrected chi connectivity index (χ4v) is 9.28. The van der Waals surface area contributed by atoms with Crippen molar-refractivity contribution in [1.29, 1.82) is 10.5 Å².